The fraction of sp³-hybridized carbons (Fsp3) is 0.692. The molecule has 0 saturated heterocycles. The Morgan fingerprint density at radius 1 is 1.44 bits per heavy atom. The number of aliphatic hydroxyl groups is 1. The van der Waals surface area contributed by atoms with Gasteiger partial charge < -0.3 is 14.8 Å². The van der Waals surface area contributed by atoms with Gasteiger partial charge in [0.05, 0.1) is 6.26 Å². The van der Waals surface area contributed by atoms with Gasteiger partial charge >= 0.3 is 0 Å². The van der Waals surface area contributed by atoms with Gasteiger partial charge in [-0.2, -0.15) is 0 Å². The highest BCUT2D eigenvalue weighted by atomic mass is 16.4. The molecule has 1 unspecified atom stereocenters. The maximum absolute atomic E-state index is 10.2. The van der Waals surface area contributed by atoms with Crippen LogP contribution < -0.4 is 5.32 Å². The van der Waals surface area contributed by atoms with Crippen LogP contribution in [0.1, 0.15) is 44.8 Å². The fourth-order valence-corrected chi connectivity index (χ4v) is 2.32. The average Bonchev–Trinajstić information content (AvgIpc) is 2.82. The Labute approximate surface area is 96.8 Å². The van der Waals surface area contributed by atoms with Gasteiger partial charge in [-0.3, -0.25) is 0 Å². The second kappa shape index (κ2) is 5.02. The van der Waals surface area contributed by atoms with Gasteiger partial charge in [0.15, 0.2) is 0 Å². The smallest absolute Gasteiger partial charge is 0.136 e. The molecule has 0 bridgehead atoms. The summed E-state index contributed by atoms with van der Waals surface area (Å²) in [5.41, 5.74) is -0.902. The zero-order valence-corrected chi connectivity index (χ0v) is 9.91. The largest absolute Gasteiger partial charge is 0.466 e. The van der Waals surface area contributed by atoms with E-state index in [0.717, 1.165) is 0 Å². The van der Waals surface area contributed by atoms with Crippen LogP contribution in [0, 0.1) is 0 Å². The summed E-state index contributed by atoms with van der Waals surface area (Å²) in [4.78, 5) is 0. The lowest BCUT2D eigenvalue weighted by molar-refractivity contribution is 0.0303. The zero-order chi connectivity index (χ0) is 11.4. The van der Waals surface area contributed by atoms with Gasteiger partial charge in [-0.05, 0) is 31.9 Å². The first-order valence-electron chi connectivity index (χ1n) is 6.18. The van der Waals surface area contributed by atoms with Crippen molar-refractivity contribution < 1.29 is 9.52 Å². The topological polar surface area (TPSA) is 45.4 Å². The Bertz CT molecular complexity index is 300. The van der Waals surface area contributed by atoms with Crippen LogP contribution in [-0.2, 0) is 5.60 Å². The summed E-state index contributed by atoms with van der Waals surface area (Å²) in [6.07, 6.45) is 8.03. The second-order valence-electron chi connectivity index (χ2n) is 4.97. The molecule has 0 amide bonds. The van der Waals surface area contributed by atoms with Crippen LogP contribution in [0.3, 0.4) is 0 Å². The molecule has 1 aromatic heterocycles. The van der Waals surface area contributed by atoms with Crippen molar-refractivity contribution in [2.24, 2.45) is 0 Å². The van der Waals surface area contributed by atoms with Crippen molar-refractivity contribution in [2.75, 3.05) is 6.54 Å². The Morgan fingerprint density at radius 2 is 2.19 bits per heavy atom. The van der Waals surface area contributed by atoms with Crippen molar-refractivity contribution in [2.45, 2.75) is 50.7 Å². The predicted molar refractivity (Wildman–Crippen MR) is 63.2 cm³/mol. The third-order valence-electron chi connectivity index (χ3n) is 3.39. The van der Waals surface area contributed by atoms with E-state index in [1.54, 1.807) is 13.2 Å². The van der Waals surface area contributed by atoms with E-state index in [0.29, 0.717) is 18.3 Å². The molecule has 3 heteroatoms. The number of rotatable bonds is 4. The fourth-order valence-electron chi connectivity index (χ4n) is 2.32. The molecule has 1 aliphatic rings. The van der Waals surface area contributed by atoms with Gasteiger partial charge in [0.2, 0.25) is 0 Å². The number of nitrogens with one attached hydrogen (secondary N) is 1. The maximum Gasteiger partial charge on any atom is 0.136 e. The van der Waals surface area contributed by atoms with Crippen molar-refractivity contribution in [1.82, 2.24) is 5.32 Å². The van der Waals surface area contributed by atoms with Crippen LogP contribution in [0.5, 0.6) is 0 Å². The zero-order valence-electron chi connectivity index (χ0n) is 9.91. The van der Waals surface area contributed by atoms with Crippen LogP contribution in [-0.4, -0.2) is 17.7 Å². The van der Waals surface area contributed by atoms with Gasteiger partial charge in [0.1, 0.15) is 11.4 Å². The van der Waals surface area contributed by atoms with E-state index in [9.17, 15) is 5.11 Å². The number of hydrogen-bond donors (Lipinski definition) is 2. The molecular weight excluding hydrogens is 202 g/mol. The Hall–Kier alpha value is -0.800. The first-order chi connectivity index (χ1) is 7.68. The van der Waals surface area contributed by atoms with Crippen LogP contribution in [0.4, 0.5) is 0 Å². The Balaban J connectivity index is 1.84. The molecule has 2 N–H and O–H groups in total. The van der Waals surface area contributed by atoms with Gasteiger partial charge in [0, 0.05) is 12.6 Å². The monoisotopic (exact) mass is 223 g/mol. The average molecular weight is 223 g/mol. The van der Waals surface area contributed by atoms with Crippen molar-refractivity contribution in [3.05, 3.63) is 24.2 Å². The summed E-state index contributed by atoms with van der Waals surface area (Å²) in [6, 6.07) is 4.20. The molecule has 1 aromatic rings. The summed E-state index contributed by atoms with van der Waals surface area (Å²) in [7, 11) is 0. The third kappa shape index (κ3) is 2.86. The van der Waals surface area contributed by atoms with Gasteiger partial charge in [-0.1, -0.05) is 19.3 Å². The van der Waals surface area contributed by atoms with Gasteiger partial charge in [0.25, 0.3) is 0 Å². The van der Waals surface area contributed by atoms with Crippen molar-refractivity contribution in [3.8, 4) is 0 Å². The van der Waals surface area contributed by atoms with Crippen molar-refractivity contribution in [3.63, 3.8) is 0 Å². The van der Waals surface area contributed by atoms with E-state index in [4.69, 9.17) is 4.42 Å². The molecule has 1 fully saturated rings. The summed E-state index contributed by atoms with van der Waals surface area (Å²) in [5.74, 6) is 0.635. The molecule has 90 valence electrons. The molecule has 0 spiro atoms. The molecular formula is C13H21NO2. The third-order valence-corrected chi connectivity index (χ3v) is 3.39. The van der Waals surface area contributed by atoms with Crippen LogP contribution in [0.15, 0.2) is 22.8 Å². The standard InChI is InChI=1S/C13H21NO2/c1-13(15,12-8-5-9-16-12)10-14-11-6-3-2-4-7-11/h5,8-9,11,14-15H,2-4,6-7,10H2,1H3. The molecule has 1 saturated carbocycles. The van der Waals surface area contributed by atoms with Crippen LogP contribution in [0.25, 0.3) is 0 Å². The lowest BCUT2D eigenvalue weighted by Crippen LogP contribution is -2.41. The molecule has 3 nitrogen and oxygen atoms in total. The minimum atomic E-state index is -0.902. The van der Waals surface area contributed by atoms with E-state index < -0.39 is 5.60 Å². The first kappa shape index (κ1) is 11.7. The normalized spacial score (nSPS) is 21.9. The molecule has 0 radical (unpaired) electrons. The number of furan rings is 1. The highest BCUT2D eigenvalue weighted by molar-refractivity contribution is 5.08. The second-order valence-corrected chi connectivity index (χ2v) is 4.97. The van der Waals surface area contributed by atoms with E-state index in [-0.39, 0.29) is 0 Å². The van der Waals surface area contributed by atoms with E-state index in [1.165, 1.54) is 32.1 Å². The predicted octanol–water partition coefficient (Wildman–Crippen LogP) is 2.41. The minimum Gasteiger partial charge on any atom is -0.466 e. The van der Waals surface area contributed by atoms with Gasteiger partial charge in [-0.15, -0.1) is 0 Å². The molecule has 1 heterocycles. The minimum absolute atomic E-state index is 0.561. The van der Waals surface area contributed by atoms with Crippen LogP contribution in [0.2, 0.25) is 0 Å². The van der Waals surface area contributed by atoms with Gasteiger partial charge in [-0.25, -0.2) is 0 Å². The maximum atomic E-state index is 10.2. The van der Waals surface area contributed by atoms with Crippen LogP contribution >= 0.6 is 0 Å². The summed E-state index contributed by atoms with van der Waals surface area (Å²) < 4.78 is 5.25. The first-order valence-corrected chi connectivity index (χ1v) is 6.18. The van der Waals surface area contributed by atoms with E-state index in [1.807, 2.05) is 12.1 Å². The summed E-state index contributed by atoms with van der Waals surface area (Å²) in [6.45, 7) is 2.35. The quantitative estimate of drug-likeness (QED) is 0.824. The molecule has 1 aliphatic carbocycles. The number of hydrogen-bond acceptors (Lipinski definition) is 3. The van der Waals surface area contributed by atoms with E-state index >= 15 is 0 Å². The molecule has 2 rings (SSSR count). The molecule has 1 atom stereocenters. The van der Waals surface area contributed by atoms with Crippen molar-refractivity contribution >= 4 is 0 Å². The van der Waals surface area contributed by atoms with E-state index in [2.05, 4.69) is 5.32 Å². The highest BCUT2D eigenvalue weighted by Gasteiger charge is 2.27. The molecule has 16 heavy (non-hydrogen) atoms. The Kier molecular flexibility index (Phi) is 3.66. The lowest BCUT2D eigenvalue weighted by Gasteiger charge is -2.28. The SMILES string of the molecule is CC(O)(CNC1CCCCC1)c1ccco1. The molecule has 0 aromatic carbocycles. The lowest BCUT2D eigenvalue weighted by atomic mass is 9.94. The summed E-state index contributed by atoms with van der Waals surface area (Å²) in [5, 5.41) is 13.7. The van der Waals surface area contributed by atoms with Crippen molar-refractivity contribution in [1.29, 1.82) is 0 Å². The summed E-state index contributed by atoms with van der Waals surface area (Å²) >= 11 is 0. The Morgan fingerprint density at radius 3 is 2.81 bits per heavy atom. The highest BCUT2D eigenvalue weighted by Crippen LogP contribution is 2.22. The molecule has 0 aliphatic heterocycles.